The molecular weight excluding hydrogens is 389 g/mol. The average Bonchev–Trinajstić information content (AvgIpc) is 2.83. The molecule has 0 unspecified atom stereocenters. The number of benzene rings is 3. The quantitative estimate of drug-likeness (QED) is 0.597. The Morgan fingerprint density at radius 3 is 1.63 bits per heavy atom. The Bertz CT molecular complexity index is 828. The summed E-state index contributed by atoms with van der Waals surface area (Å²) in [5.41, 5.74) is 0. The summed E-state index contributed by atoms with van der Waals surface area (Å²) in [4.78, 5) is 13.3. The van der Waals surface area contributed by atoms with E-state index in [4.69, 9.17) is 4.74 Å². The molecule has 4 heteroatoms. The maximum absolute atomic E-state index is 13.3. The largest absolute Gasteiger partial charge is 0.381 e. The topological polar surface area (TPSA) is 38.3 Å². The number of amides is 1. The van der Waals surface area contributed by atoms with Gasteiger partial charge in [-0.25, -0.2) is 0 Å². The number of rotatable bonds is 7. The van der Waals surface area contributed by atoms with Gasteiger partial charge in [-0.05, 0) is 55.2 Å². The summed E-state index contributed by atoms with van der Waals surface area (Å²) in [6.45, 7) is 2.34. The van der Waals surface area contributed by atoms with Gasteiger partial charge in [0.2, 0.25) is 0 Å². The molecule has 0 radical (unpaired) electrons. The second-order valence-electron chi connectivity index (χ2n) is 7.83. The van der Waals surface area contributed by atoms with E-state index in [1.807, 2.05) is 18.2 Å². The normalized spacial score (nSPS) is 14.9. The second kappa shape index (κ2) is 10.0. The molecule has 154 valence electrons. The third-order valence-electron chi connectivity index (χ3n) is 5.90. The van der Waals surface area contributed by atoms with Crippen LogP contribution < -0.4 is 21.2 Å². The highest BCUT2D eigenvalue weighted by molar-refractivity contribution is 7.96. The number of carbonyl (C=O) groups is 1. The van der Waals surface area contributed by atoms with Crippen LogP contribution in [0.1, 0.15) is 12.8 Å². The van der Waals surface area contributed by atoms with Gasteiger partial charge >= 0.3 is 0 Å². The predicted molar refractivity (Wildman–Crippen MR) is 127 cm³/mol. The summed E-state index contributed by atoms with van der Waals surface area (Å²) in [6.07, 6.45) is 2.53. The summed E-state index contributed by atoms with van der Waals surface area (Å²) in [5, 5.41) is 6.97. The summed E-state index contributed by atoms with van der Waals surface area (Å²) < 4.78 is 5.45. The van der Waals surface area contributed by atoms with Gasteiger partial charge in [-0.2, -0.15) is 0 Å². The van der Waals surface area contributed by atoms with Crippen LogP contribution in [-0.4, -0.2) is 31.8 Å². The number of nitrogens with one attached hydrogen (secondary N) is 1. The van der Waals surface area contributed by atoms with E-state index in [1.165, 1.54) is 15.9 Å². The van der Waals surface area contributed by atoms with Crippen LogP contribution in [-0.2, 0) is 9.53 Å². The van der Waals surface area contributed by atoms with Gasteiger partial charge in [0.15, 0.2) is 6.16 Å². The molecule has 1 N–H and O–H groups in total. The van der Waals surface area contributed by atoms with Crippen molar-refractivity contribution in [2.24, 2.45) is 5.92 Å². The Kier molecular flexibility index (Phi) is 6.94. The smallest absolute Gasteiger partial charge is 0.258 e. The van der Waals surface area contributed by atoms with E-state index >= 15 is 0 Å². The Labute approximate surface area is 179 Å². The van der Waals surface area contributed by atoms with Crippen LogP contribution in [0.4, 0.5) is 0 Å². The first-order valence-corrected chi connectivity index (χ1v) is 12.7. The van der Waals surface area contributed by atoms with Crippen molar-refractivity contribution in [3.8, 4) is 0 Å². The summed E-state index contributed by atoms with van der Waals surface area (Å²) in [5.74, 6) is 0.645. The molecule has 3 aromatic carbocycles. The molecule has 0 saturated carbocycles. The highest BCUT2D eigenvalue weighted by Crippen LogP contribution is 2.54. The second-order valence-corrected chi connectivity index (χ2v) is 11.3. The van der Waals surface area contributed by atoms with Gasteiger partial charge in [0, 0.05) is 19.8 Å². The lowest BCUT2D eigenvalue weighted by molar-refractivity contribution is -0.119. The van der Waals surface area contributed by atoms with E-state index in [-0.39, 0.29) is 5.91 Å². The Hall–Kier alpha value is -2.48. The van der Waals surface area contributed by atoms with Crippen molar-refractivity contribution in [3.05, 3.63) is 91.0 Å². The zero-order valence-corrected chi connectivity index (χ0v) is 18.1. The lowest BCUT2D eigenvalue weighted by Gasteiger charge is -2.28. The minimum atomic E-state index is -2.12. The van der Waals surface area contributed by atoms with Gasteiger partial charge in [-0.1, -0.05) is 54.6 Å². The maximum atomic E-state index is 13.3. The van der Waals surface area contributed by atoms with Crippen molar-refractivity contribution in [1.29, 1.82) is 0 Å². The van der Waals surface area contributed by atoms with Gasteiger partial charge in [0.25, 0.3) is 5.91 Å². The van der Waals surface area contributed by atoms with E-state index < -0.39 is 7.26 Å². The van der Waals surface area contributed by atoms with E-state index in [1.54, 1.807) is 0 Å². The van der Waals surface area contributed by atoms with Crippen molar-refractivity contribution in [2.75, 3.05) is 25.9 Å². The van der Waals surface area contributed by atoms with Crippen molar-refractivity contribution in [2.45, 2.75) is 12.8 Å². The van der Waals surface area contributed by atoms with Gasteiger partial charge in [-0.3, -0.25) is 4.79 Å². The molecule has 0 spiro atoms. The average molecular weight is 418 g/mol. The number of ether oxygens (including phenoxy) is 1. The number of carbonyl (C=O) groups excluding carboxylic acids is 1. The van der Waals surface area contributed by atoms with Crippen LogP contribution in [0.25, 0.3) is 0 Å². The third kappa shape index (κ3) is 4.64. The molecule has 1 aliphatic heterocycles. The first kappa shape index (κ1) is 20.8. The molecule has 1 aliphatic rings. The Morgan fingerprint density at radius 1 is 0.767 bits per heavy atom. The molecule has 1 fully saturated rings. The Balaban J connectivity index is 1.70. The van der Waals surface area contributed by atoms with Crippen LogP contribution in [0.5, 0.6) is 0 Å². The van der Waals surface area contributed by atoms with Crippen LogP contribution in [0.2, 0.25) is 0 Å². The lowest BCUT2D eigenvalue weighted by atomic mass is 10.0. The first-order chi connectivity index (χ1) is 14.8. The molecule has 3 nitrogen and oxygen atoms in total. The molecule has 0 aromatic heterocycles. The standard InChI is InChI=1S/C26H28NO2P/c28-26(27-20-22-16-18-29-19-17-22)21-30(23-10-4-1-5-11-23,24-12-6-2-7-13-24)25-14-8-3-9-15-25/h1-15,22H,16-21H2/p+1. The Morgan fingerprint density at radius 2 is 1.20 bits per heavy atom. The number of hydrogen-bond acceptors (Lipinski definition) is 2. The van der Waals surface area contributed by atoms with Gasteiger partial charge < -0.3 is 10.1 Å². The molecular formula is C26H29NO2P+. The molecule has 0 atom stereocenters. The van der Waals surface area contributed by atoms with Crippen molar-refractivity contribution in [1.82, 2.24) is 5.32 Å². The molecule has 0 bridgehead atoms. The van der Waals surface area contributed by atoms with Crippen LogP contribution >= 0.6 is 7.26 Å². The third-order valence-corrected chi connectivity index (χ3v) is 10.2. The molecule has 1 saturated heterocycles. The highest BCUT2D eigenvalue weighted by atomic mass is 31.2. The van der Waals surface area contributed by atoms with Gasteiger partial charge in [0.1, 0.15) is 23.2 Å². The fourth-order valence-electron chi connectivity index (χ4n) is 4.25. The van der Waals surface area contributed by atoms with E-state index in [0.717, 1.165) is 32.6 Å². The molecule has 3 aromatic rings. The summed E-state index contributed by atoms with van der Waals surface area (Å²) >= 11 is 0. The molecule has 1 amide bonds. The zero-order chi connectivity index (χ0) is 20.7. The maximum Gasteiger partial charge on any atom is 0.258 e. The fraction of sp³-hybridized carbons (Fsp3) is 0.269. The SMILES string of the molecule is O=C(C[P+](c1ccccc1)(c1ccccc1)c1ccccc1)NCC1CCOCC1. The summed E-state index contributed by atoms with van der Waals surface area (Å²) in [7, 11) is -2.12. The van der Waals surface area contributed by atoms with Crippen molar-refractivity contribution >= 4 is 29.1 Å². The molecule has 0 aliphatic carbocycles. The van der Waals surface area contributed by atoms with Crippen molar-refractivity contribution < 1.29 is 9.53 Å². The van der Waals surface area contributed by atoms with Crippen LogP contribution in [0.15, 0.2) is 91.0 Å². The highest BCUT2D eigenvalue weighted by Gasteiger charge is 2.47. The zero-order valence-electron chi connectivity index (χ0n) is 17.2. The van der Waals surface area contributed by atoms with E-state index in [0.29, 0.717) is 12.1 Å². The van der Waals surface area contributed by atoms with Gasteiger partial charge in [-0.15, -0.1) is 0 Å². The lowest BCUT2D eigenvalue weighted by Crippen LogP contribution is -2.41. The number of hydrogen-bond donors (Lipinski definition) is 1. The monoisotopic (exact) mass is 418 g/mol. The minimum absolute atomic E-state index is 0.131. The van der Waals surface area contributed by atoms with Gasteiger partial charge in [0.05, 0.1) is 0 Å². The molecule has 4 rings (SSSR count). The molecule has 30 heavy (non-hydrogen) atoms. The fourth-order valence-corrected chi connectivity index (χ4v) is 8.28. The van der Waals surface area contributed by atoms with E-state index in [2.05, 4.69) is 78.1 Å². The van der Waals surface area contributed by atoms with Crippen molar-refractivity contribution in [3.63, 3.8) is 0 Å². The van der Waals surface area contributed by atoms with Crippen LogP contribution in [0, 0.1) is 5.92 Å². The minimum Gasteiger partial charge on any atom is -0.381 e. The summed E-state index contributed by atoms with van der Waals surface area (Å²) in [6, 6.07) is 31.7. The van der Waals surface area contributed by atoms with E-state index in [9.17, 15) is 4.79 Å². The molecule has 1 heterocycles. The predicted octanol–water partition coefficient (Wildman–Crippen LogP) is 3.52. The van der Waals surface area contributed by atoms with Crippen LogP contribution in [0.3, 0.4) is 0 Å². The first-order valence-electron chi connectivity index (χ1n) is 10.7.